The van der Waals surface area contributed by atoms with Crippen molar-refractivity contribution in [2.24, 2.45) is 0 Å². The molecule has 0 radical (unpaired) electrons. The highest BCUT2D eigenvalue weighted by Gasteiger charge is 2.08. The summed E-state index contributed by atoms with van der Waals surface area (Å²) in [6.07, 6.45) is 3.36. The van der Waals surface area contributed by atoms with E-state index in [-0.39, 0.29) is 5.91 Å². The molecular weight excluding hydrogens is 252 g/mol. The molecule has 18 heavy (non-hydrogen) atoms. The molecule has 0 saturated heterocycles. The number of hydrogen-bond donors (Lipinski definition) is 1. The van der Waals surface area contributed by atoms with Crippen LogP contribution in [-0.2, 0) is 6.54 Å². The minimum atomic E-state index is -0.250. The molecule has 2 aromatic heterocycles. The van der Waals surface area contributed by atoms with Crippen molar-refractivity contribution in [3.63, 3.8) is 0 Å². The Bertz CT molecular complexity index is 510. The first-order valence-corrected chi connectivity index (χ1v) is 6.04. The average Bonchev–Trinajstić information content (AvgIpc) is 2.90. The predicted octanol–water partition coefficient (Wildman–Crippen LogP) is 0.324. The molecule has 0 aliphatic heterocycles. The number of aromatic nitrogens is 4. The second-order valence-corrected chi connectivity index (χ2v) is 4.37. The molecule has 1 N–H and O–H groups in total. The third-order valence-corrected chi connectivity index (χ3v) is 2.64. The number of nitrogens with one attached hydrogen (secondary N) is 1. The summed E-state index contributed by atoms with van der Waals surface area (Å²) in [5.74, 6) is 0.384. The van der Waals surface area contributed by atoms with E-state index in [2.05, 4.69) is 24.9 Å². The van der Waals surface area contributed by atoms with Crippen molar-refractivity contribution in [1.82, 2.24) is 24.9 Å². The van der Waals surface area contributed by atoms with Gasteiger partial charge in [-0.1, -0.05) is 4.49 Å². The molecule has 1 amide bonds. The standard InChI is InChI=1S/C10H12N6OS/c1-16(2)10-12-4-7(5-13-10)3-11-9(17)8-6-18-15-14-8/h4-6H,3H2,1-2H3,(H,11,17). The van der Waals surface area contributed by atoms with Gasteiger partial charge >= 0.3 is 0 Å². The van der Waals surface area contributed by atoms with Crippen molar-refractivity contribution in [2.75, 3.05) is 19.0 Å². The Balaban J connectivity index is 1.92. The first-order chi connectivity index (χ1) is 8.66. The van der Waals surface area contributed by atoms with Crippen LogP contribution >= 0.6 is 11.5 Å². The summed E-state index contributed by atoms with van der Waals surface area (Å²) in [6, 6.07) is 0. The predicted molar refractivity (Wildman–Crippen MR) is 67.4 cm³/mol. The molecule has 0 spiro atoms. The fraction of sp³-hybridized carbons (Fsp3) is 0.300. The third-order valence-electron chi connectivity index (χ3n) is 2.14. The Morgan fingerprint density at radius 3 is 2.67 bits per heavy atom. The molecular formula is C10H12N6OS. The number of carbonyl (C=O) groups excluding carboxylic acids is 1. The van der Waals surface area contributed by atoms with Gasteiger partial charge in [-0.25, -0.2) is 9.97 Å². The Hall–Kier alpha value is -2.09. The van der Waals surface area contributed by atoms with Gasteiger partial charge in [0.1, 0.15) is 0 Å². The minimum Gasteiger partial charge on any atom is -0.347 e. The summed E-state index contributed by atoms with van der Waals surface area (Å²) in [5, 5.41) is 8.00. The lowest BCUT2D eigenvalue weighted by atomic mass is 10.3. The lowest BCUT2D eigenvalue weighted by molar-refractivity contribution is 0.0946. The summed E-state index contributed by atoms with van der Waals surface area (Å²) in [5.41, 5.74) is 1.16. The number of nitrogens with zero attached hydrogens (tertiary/aromatic N) is 5. The zero-order valence-corrected chi connectivity index (χ0v) is 10.8. The maximum absolute atomic E-state index is 11.6. The fourth-order valence-electron chi connectivity index (χ4n) is 1.21. The monoisotopic (exact) mass is 264 g/mol. The van der Waals surface area contributed by atoms with Gasteiger partial charge in [0.15, 0.2) is 5.69 Å². The molecule has 2 heterocycles. The van der Waals surface area contributed by atoms with Crippen LogP contribution in [0.2, 0.25) is 0 Å². The van der Waals surface area contributed by atoms with Gasteiger partial charge in [-0.3, -0.25) is 4.79 Å². The van der Waals surface area contributed by atoms with Gasteiger partial charge in [0.2, 0.25) is 5.95 Å². The van der Waals surface area contributed by atoms with Crippen LogP contribution in [0.25, 0.3) is 0 Å². The van der Waals surface area contributed by atoms with E-state index in [0.29, 0.717) is 18.2 Å². The summed E-state index contributed by atoms with van der Waals surface area (Å²) >= 11 is 1.14. The molecule has 0 saturated carbocycles. The average molecular weight is 264 g/mol. The van der Waals surface area contributed by atoms with Gasteiger partial charge in [0, 0.05) is 44.0 Å². The molecule has 7 nitrogen and oxygen atoms in total. The van der Waals surface area contributed by atoms with Crippen molar-refractivity contribution >= 4 is 23.4 Å². The molecule has 8 heteroatoms. The number of carbonyl (C=O) groups is 1. The van der Waals surface area contributed by atoms with Crippen molar-refractivity contribution in [3.8, 4) is 0 Å². The second-order valence-electron chi connectivity index (χ2n) is 3.76. The largest absolute Gasteiger partial charge is 0.347 e. The maximum Gasteiger partial charge on any atom is 0.273 e. The molecule has 94 valence electrons. The van der Waals surface area contributed by atoms with Crippen molar-refractivity contribution < 1.29 is 4.79 Å². The van der Waals surface area contributed by atoms with Crippen LogP contribution in [0.3, 0.4) is 0 Å². The number of amides is 1. The summed E-state index contributed by atoms with van der Waals surface area (Å²) in [4.78, 5) is 21.7. The van der Waals surface area contributed by atoms with E-state index in [1.165, 1.54) is 0 Å². The van der Waals surface area contributed by atoms with Gasteiger partial charge in [0.05, 0.1) is 0 Å². The molecule has 0 aromatic carbocycles. The molecule has 0 bridgehead atoms. The van der Waals surface area contributed by atoms with Crippen LogP contribution in [0.4, 0.5) is 5.95 Å². The van der Waals surface area contributed by atoms with E-state index >= 15 is 0 Å². The lowest BCUT2D eigenvalue weighted by Crippen LogP contribution is -2.23. The Labute approximate surface area is 108 Å². The van der Waals surface area contributed by atoms with Crippen LogP contribution < -0.4 is 10.2 Å². The van der Waals surface area contributed by atoms with Crippen LogP contribution in [-0.4, -0.2) is 39.6 Å². The number of anilines is 1. The quantitative estimate of drug-likeness (QED) is 0.856. The van der Waals surface area contributed by atoms with E-state index < -0.39 is 0 Å². The second kappa shape index (κ2) is 5.50. The zero-order chi connectivity index (χ0) is 13.0. The lowest BCUT2D eigenvalue weighted by Gasteiger charge is -2.09. The summed E-state index contributed by atoms with van der Waals surface area (Å²) in [6.45, 7) is 0.365. The molecule has 0 unspecified atom stereocenters. The summed E-state index contributed by atoms with van der Waals surface area (Å²) in [7, 11) is 3.73. The van der Waals surface area contributed by atoms with Crippen LogP contribution in [0.15, 0.2) is 17.8 Å². The Morgan fingerprint density at radius 1 is 1.39 bits per heavy atom. The first kappa shape index (κ1) is 12.4. The van der Waals surface area contributed by atoms with E-state index in [1.54, 1.807) is 17.8 Å². The van der Waals surface area contributed by atoms with Gasteiger partial charge in [0.25, 0.3) is 5.91 Å². The van der Waals surface area contributed by atoms with Gasteiger partial charge in [-0.15, -0.1) is 5.10 Å². The van der Waals surface area contributed by atoms with Crippen molar-refractivity contribution in [3.05, 3.63) is 29.0 Å². The maximum atomic E-state index is 11.6. The van der Waals surface area contributed by atoms with Crippen LogP contribution in [0.1, 0.15) is 16.1 Å². The molecule has 0 aliphatic rings. The molecule has 0 atom stereocenters. The smallest absolute Gasteiger partial charge is 0.273 e. The topological polar surface area (TPSA) is 83.9 Å². The molecule has 2 rings (SSSR count). The van der Waals surface area contributed by atoms with Crippen molar-refractivity contribution in [2.45, 2.75) is 6.54 Å². The molecule has 0 aliphatic carbocycles. The number of hydrogen-bond acceptors (Lipinski definition) is 7. The number of rotatable bonds is 4. The highest BCUT2D eigenvalue weighted by atomic mass is 32.1. The first-order valence-electron chi connectivity index (χ1n) is 5.20. The Kier molecular flexibility index (Phi) is 3.78. The van der Waals surface area contributed by atoms with Crippen LogP contribution in [0, 0.1) is 0 Å². The van der Waals surface area contributed by atoms with Gasteiger partial charge < -0.3 is 10.2 Å². The SMILES string of the molecule is CN(C)c1ncc(CNC(=O)c2csnn2)cn1. The van der Waals surface area contributed by atoms with E-state index in [0.717, 1.165) is 17.1 Å². The Morgan fingerprint density at radius 2 is 2.11 bits per heavy atom. The normalized spacial score (nSPS) is 10.1. The third kappa shape index (κ3) is 2.98. The molecule has 2 aromatic rings. The highest BCUT2D eigenvalue weighted by molar-refractivity contribution is 7.03. The van der Waals surface area contributed by atoms with Gasteiger partial charge in [-0.05, 0) is 11.5 Å². The molecule has 0 fully saturated rings. The van der Waals surface area contributed by atoms with Crippen molar-refractivity contribution in [1.29, 1.82) is 0 Å². The zero-order valence-electron chi connectivity index (χ0n) is 9.99. The van der Waals surface area contributed by atoms with Crippen LogP contribution in [0.5, 0.6) is 0 Å². The minimum absolute atomic E-state index is 0.250. The van der Waals surface area contributed by atoms with E-state index in [1.807, 2.05) is 19.0 Å². The highest BCUT2D eigenvalue weighted by Crippen LogP contribution is 2.03. The van der Waals surface area contributed by atoms with Gasteiger partial charge in [-0.2, -0.15) is 0 Å². The van der Waals surface area contributed by atoms with E-state index in [9.17, 15) is 4.79 Å². The summed E-state index contributed by atoms with van der Waals surface area (Å²) < 4.78 is 3.63. The fourth-order valence-corrected chi connectivity index (χ4v) is 1.64. The van der Waals surface area contributed by atoms with E-state index in [4.69, 9.17) is 0 Å².